The highest BCUT2D eigenvalue weighted by atomic mass is 16.3. The maximum atomic E-state index is 12.2. The normalized spacial score (nSPS) is 12.4. The van der Waals surface area contributed by atoms with Crippen molar-refractivity contribution in [3.05, 3.63) is 42.0 Å². The van der Waals surface area contributed by atoms with Gasteiger partial charge in [-0.25, -0.2) is 4.68 Å². The fourth-order valence-corrected chi connectivity index (χ4v) is 2.31. The van der Waals surface area contributed by atoms with Gasteiger partial charge in [0.2, 0.25) is 0 Å². The van der Waals surface area contributed by atoms with Gasteiger partial charge in [-0.2, -0.15) is 5.10 Å². The van der Waals surface area contributed by atoms with Crippen LogP contribution in [0.3, 0.4) is 0 Å². The molecule has 2 aromatic rings. The van der Waals surface area contributed by atoms with Crippen molar-refractivity contribution in [3.8, 4) is 5.69 Å². The second kappa shape index (κ2) is 7.17. The van der Waals surface area contributed by atoms with E-state index < -0.39 is 6.10 Å². The lowest BCUT2D eigenvalue weighted by Gasteiger charge is -2.13. The SMILES string of the molecule is Cc1c(C(=O)NCC(O)CC(C)C)cnn1-c1ccncc1. The van der Waals surface area contributed by atoms with E-state index in [0.29, 0.717) is 17.9 Å². The van der Waals surface area contributed by atoms with Crippen LogP contribution in [-0.2, 0) is 0 Å². The number of rotatable bonds is 6. The number of aromatic nitrogens is 3. The zero-order chi connectivity index (χ0) is 16.1. The largest absolute Gasteiger partial charge is 0.391 e. The molecule has 0 saturated carbocycles. The molecule has 2 heterocycles. The van der Waals surface area contributed by atoms with Crippen LogP contribution in [0.15, 0.2) is 30.7 Å². The van der Waals surface area contributed by atoms with E-state index in [-0.39, 0.29) is 12.5 Å². The van der Waals surface area contributed by atoms with Crippen molar-refractivity contribution >= 4 is 5.91 Å². The Morgan fingerprint density at radius 3 is 2.68 bits per heavy atom. The smallest absolute Gasteiger partial charge is 0.254 e. The number of nitrogens with zero attached hydrogens (tertiary/aromatic N) is 3. The van der Waals surface area contributed by atoms with E-state index >= 15 is 0 Å². The van der Waals surface area contributed by atoms with Gasteiger partial charge in [0.15, 0.2) is 0 Å². The standard InChI is InChI=1S/C16H22N4O2/c1-11(2)8-14(21)9-18-16(22)15-10-19-20(12(15)3)13-4-6-17-7-5-13/h4-7,10-11,14,21H,8-9H2,1-3H3,(H,18,22). The Balaban J connectivity index is 2.04. The van der Waals surface area contributed by atoms with E-state index in [0.717, 1.165) is 11.4 Å². The third-order valence-electron chi connectivity index (χ3n) is 3.40. The molecule has 0 bridgehead atoms. The summed E-state index contributed by atoms with van der Waals surface area (Å²) in [6.07, 6.45) is 5.03. The molecule has 0 fully saturated rings. The van der Waals surface area contributed by atoms with Gasteiger partial charge in [0.25, 0.3) is 5.91 Å². The topological polar surface area (TPSA) is 80.0 Å². The van der Waals surface area contributed by atoms with Gasteiger partial charge < -0.3 is 10.4 Å². The van der Waals surface area contributed by atoms with Crippen molar-refractivity contribution in [3.63, 3.8) is 0 Å². The average Bonchev–Trinajstić information content (AvgIpc) is 2.87. The number of amides is 1. The summed E-state index contributed by atoms with van der Waals surface area (Å²) in [4.78, 5) is 16.2. The molecule has 1 atom stereocenters. The van der Waals surface area contributed by atoms with E-state index in [2.05, 4.69) is 15.4 Å². The van der Waals surface area contributed by atoms with E-state index in [1.165, 1.54) is 0 Å². The van der Waals surface area contributed by atoms with Gasteiger partial charge in [-0.1, -0.05) is 13.8 Å². The number of pyridine rings is 1. The highest BCUT2D eigenvalue weighted by molar-refractivity contribution is 5.95. The molecule has 0 aliphatic carbocycles. The summed E-state index contributed by atoms with van der Waals surface area (Å²) in [5.41, 5.74) is 2.11. The van der Waals surface area contributed by atoms with Crippen LogP contribution < -0.4 is 5.32 Å². The molecule has 0 aromatic carbocycles. The van der Waals surface area contributed by atoms with Gasteiger partial charge >= 0.3 is 0 Å². The zero-order valence-electron chi connectivity index (χ0n) is 13.2. The Bertz CT molecular complexity index is 622. The summed E-state index contributed by atoms with van der Waals surface area (Å²) < 4.78 is 1.70. The molecule has 6 nitrogen and oxygen atoms in total. The predicted octanol–water partition coefficient (Wildman–Crippen LogP) is 1.71. The van der Waals surface area contributed by atoms with Crippen LogP contribution >= 0.6 is 0 Å². The fourth-order valence-electron chi connectivity index (χ4n) is 2.31. The molecule has 2 rings (SSSR count). The second-order valence-electron chi connectivity index (χ2n) is 5.75. The van der Waals surface area contributed by atoms with Crippen LogP contribution in [0.25, 0.3) is 5.69 Å². The van der Waals surface area contributed by atoms with Gasteiger partial charge in [0, 0.05) is 18.9 Å². The zero-order valence-corrected chi connectivity index (χ0v) is 13.2. The first-order chi connectivity index (χ1) is 10.5. The second-order valence-corrected chi connectivity index (χ2v) is 5.75. The van der Waals surface area contributed by atoms with E-state index in [1.807, 2.05) is 32.9 Å². The molecule has 0 aliphatic rings. The van der Waals surface area contributed by atoms with Crippen LogP contribution in [0.5, 0.6) is 0 Å². The minimum Gasteiger partial charge on any atom is -0.391 e. The molecule has 0 saturated heterocycles. The maximum absolute atomic E-state index is 12.2. The Kier molecular flexibility index (Phi) is 5.27. The highest BCUT2D eigenvalue weighted by Crippen LogP contribution is 2.13. The Labute approximate surface area is 130 Å². The summed E-state index contributed by atoms with van der Waals surface area (Å²) in [5, 5.41) is 16.8. The Morgan fingerprint density at radius 2 is 2.05 bits per heavy atom. The van der Waals surface area contributed by atoms with Crippen molar-refractivity contribution in [1.29, 1.82) is 0 Å². The molecule has 118 valence electrons. The third-order valence-corrected chi connectivity index (χ3v) is 3.40. The molecule has 0 aliphatic heterocycles. The molecule has 0 radical (unpaired) electrons. The highest BCUT2D eigenvalue weighted by Gasteiger charge is 2.16. The van der Waals surface area contributed by atoms with E-state index in [9.17, 15) is 9.90 Å². The van der Waals surface area contributed by atoms with Crippen molar-refractivity contribution in [1.82, 2.24) is 20.1 Å². The monoisotopic (exact) mass is 302 g/mol. The summed E-state index contributed by atoms with van der Waals surface area (Å²) in [6.45, 7) is 6.16. The summed E-state index contributed by atoms with van der Waals surface area (Å²) in [5.74, 6) is 0.170. The van der Waals surface area contributed by atoms with Gasteiger partial charge in [0.1, 0.15) is 0 Å². The van der Waals surface area contributed by atoms with Gasteiger partial charge in [0.05, 0.1) is 29.2 Å². The van der Waals surface area contributed by atoms with Crippen molar-refractivity contribution in [2.75, 3.05) is 6.54 Å². The number of carbonyl (C=O) groups excluding carboxylic acids is 1. The first kappa shape index (κ1) is 16.2. The van der Waals surface area contributed by atoms with Crippen molar-refractivity contribution < 1.29 is 9.90 Å². The molecular weight excluding hydrogens is 280 g/mol. The molecule has 2 N–H and O–H groups in total. The van der Waals surface area contributed by atoms with Crippen LogP contribution in [-0.4, -0.2) is 38.4 Å². The van der Waals surface area contributed by atoms with Crippen molar-refractivity contribution in [2.45, 2.75) is 33.3 Å². The van der Waals surface area contributed by atoms with Crippen LogP contribution in [0.2, 0.25) is 0 Å². The summed E-state index contributed by atoms with van der Waals surface area (Å²) >= 11 is 0. The number of aliphatic hydroxyl groups excluding tert-OH is 1. The number of hydrogen-bond acceptors (Lipinski definition) is 4. The first-order valence-corrected chi connectivity index (χ1v) is 7.40. The lowest BCUT2D eigenvalue weighted by molar-refractivity contribution is 0.0899. The maximum Gasteiger partial charge on any atom is 0.254 e. The molecular formula is C16H22N4O2. The molecule has 1 amide bonds. The van der Waals surface area contributed by atoms with E-state index in [1.54, 1.807) is 23.3 Å². The number of hydrogen-bond donors (Lipinski definition) is 2. The summed E-state index contributed by atoms with van der Waals surface area (Å²) in [6, 6.07) is 3.65. The molecule has 2 aromatic heterocycles. The predicted molar refractivity (Wildman–Crippen MR) is 83.9 cm³/mol. The quantitative estimate of drug-likeness (QED) is 0.851. The third kappa shape index (κ3) is 3.92. The minimum absolute atomic E-state index is 0.222. The lowest BCUT2D eigenvalue weighted by atomic mass is 10.1. The van der Waals surface area contributed by atoms with Crippen LogP contribution in [0, 0.1) is 12.8 Å². The van der Waals surface area contributed by atoms with Gasteiger partial charge in [-0.05, 0) is 31.4 Å². The minimum atomic E-state index is -0.528. The number of carbonyl (C=O) groups is 1. The summed E-state index contributed by atoms with van der Waals surface area (Å²) in [7, 11) is 0. The lowest BCUT2D eigenvalue weighted by Crippen LogP contribution is -2.33. The average molecular weight is 302 g/mol. The van der Waals surface area contributed by atoms with Gasteiger partial charge in [-0.3, -0.25) is 9.78 Å². The number of nitrogens with one attached hydrogen (secondary N) is 1. The molecule has 1 unspecified atom stereocenters. The van der Waals surface area contributed by atoms with Gasteiger partial charge in [-0.15, -0.1) is 0 Å². The van der Waals surface area contributed by atoms with Crippen molar-refractivity contribution in [2.24, 2.45) is 5.92 Å². The van der Waals surface area contributed by atoms with E-state index in [4.69, 9.17) is 0 Å². The number of aliphatic hydroxyl groups is 1. The first-order valence-electron chi connectivity index (χ1n) is 7.40. The molecule has 6 heteroatoms. The fraction of sp³-hybridized carbons (Fsp3) is 0.438. The van der Waals surface area contributed by atoms with Crippen LogP contribution in [0.1, 0.15) is 36.3 Å². The Morgan fingerprint density at radius 1 is 1.36 bits per heavy atom. The van der Waals surface area contributed by atoms with Crippen LogP contribution in [0.4, 0.5) is 0 Å². The molecule has 22 heavy (non-hydrogen) atoms. The molecule has 0 spiro atoms. The Hall–Kier alpha value is -2.21.